The maximum absolute atomic E-state index is 5.64. The third-order valence-electron chi connectivity index (χ3n) is 1.32. The molecular weight excluding hydrogens is 131 g/mol. The van der Waals surface area contributed by atoms with Crippen molar-refractivity contribution in [2.45, 2.75) is 18.2 Å². The van der Waals surface area contributed by atoms with Crippen molar-refractivity contribution in [3.8, 4) is 0 Å². The van der Waals surface area contributed by atoms with Gasteiger partial charge in [0, 0.05) is 11.8 Å². The molecule has 0 bridgehead atoms. The molecule has 0 heterocycles. The quantitative estimate of drug-likeness (QED) is 0.451. The molecule has 1 aliphatic carbocycles. The second kappa shape index (κ2) is 1.11. The zero-order valence-electron chi connectivity index (χ0n) is 4.33. The first-order valence-electron chi connectivity index (χ1n) is 2.21. The minimum Gasteiger partial charge on any atom is -0.101 e. The van der Waals surface area contributed by atoms with Crippen molar-refractivity contribution in [2.75, 3.05) is 0 Å². The normalized spacial score (nSPS) is 32.6. The Morgan fingerprint density at radius 3 is 1.43 bits per heavy atom. The second-order valence-corrected chi connectivity index (χ2v) is 3.87. The Balaban J connectivity index is 2.59. The predicted molar refractivity (Wildman–Crippen MR) is 32.5 cm³/mol. The lowest BCUT2D eigenvalue weighted by atomic mass is 10.2. The van der Waals surface area contributed by atoms with Crippen LogP contribution in [0, 0.1) is 11.8 Å². The van der Waals surface area contributed by atoms with E-state index in [1.54, 1.807) is 0 Å². The third kappa shape index (κ3) is 0.748. The molecule has 0 atom stereocenters. The lowest BCUT2D eigenvalue weighted by molar-refractivity contribution is 0.667. The van der Waals surface area contributed by atoms with Gasteiger partial charge < -0.3 is 0 Å². The zero-order valence-corrected chi connectivity index (χ0v) is 5.85. The third-order valence-corrected chi connectivity index (χ3v) is 2.51. The summed E-state index contributed by atoms with van der Waals surface area (Å²) in [7, 11) is 0. The van der Waals surface area contributed by atoms with E-state index in [0.29, 0.717) is 0 Å². The van der Waals surface area contributed by atoms with Gasteiger partial charge in [-0.05, 0) is 0 Å². The van der Waals surface area contributed by atoms with Crippen LogP contribution in [-0.2, 0) is 0 Å². The van der Waals surface area contributed by atoms with Crippen molar-refractivity contribution >= 4 is 23.2 Å². The molecule has 0 amide bonds. The molecule has 0 aromatic rings. The van der Waals surface area contributed by atoms with Crippen molar-refractivity contribution in [3.63, 3.8) is 0 Å². The van der Waals surface area contributed by atoms with E-state index in [-0.39, 0.29) is 5.41 Å². The first-order chi connectivity index (χ1) is 2.96. The molecule has 0 saturated heterocycles. The minimum absolute atomic E-state index is 0.0517. The first kappa shape index (κ1) is 5.71. The van der Waals surface area contributed by atoms with Gasteiger partial charge in [0.2, 0.25) is 0 Å². The Labute approximate surface area is 53.8 Å². The Morgan fingerprint density at radius 2 is 1.43 bits per heavy atom. The number of alkyl halides is 2. The maximum atomic E-state index is 5.64. The van der Waals surface area contributed by atoms with Crippen LogP contribution in [0.1, 0.15) is 13.8 Å². The topological polar surface area (TPSA) is 0 Å². The summed E-state index contributed by atoms with van der Waals surface area (Å²) < 4.78 is -0.535. The average Bonchev–Trinajstić information content (AvgIpc) is 1.63. The molecule has 1 rings (SSSR count). The summed E-state index contributed by atoms with van der Waals surface area (Å²) in [4.78, 5) is 0. The first-order valence-corrected chi connectivity index (χ1v) is 2.96. The van der Waals surface area contributed by atoms with Gasteiger partial charge in [-0.15, -0.1) is 23.2 Å². The molecule has 1 fully saturated rings. The average molecular weight is 138 g/mol. The molecule has 1 aliphatic rings. The highest BCUT2D eigenvalue weighted by molar-refractivity contribution is 6.53. The molecule has 0 aliphatic heterocycles. The van der Waals surface area contributed by atoms with E-state index in [2.05, 4.69) is 0 Å². The van der Waals surface area contributed by atoms with Crippen LogP contribution in [-0.4, -0.2) is 4.33 Å². The number of rotatable bonds is 0. The summed E-state index contributed by atoms with van der Waals surface area (Å²) in [6.07, 6.45) is 1.91. The fourth-order valence-electron chi connectivity index (χ4n) is 0.417. The van der Waals surface area contributed by atoms with Crippen LogP contribution in [0.2, 0.25) is 0 Å². The Kier molecular flexibility index (Phi) is 0.907. The van der Waals surface area contributed by atoms with Gasteiger partial charge in [-0.3, -0.25) is 0 Å². The summed E-state index contributed by atoms with van der Waals surface area (Å²) in [5.41, 5.74) is 0.0517. The van der Waals surface area contributed by atoms with Crippen LogP contribution >= 0.6 is 23.2 Å². The number of hydrogen-bond donors (Lipinski definition) is 0. The van der Waals surface area contributed by atoms with E-state index in [0.717, 1.165) is 0 Å². The van der Waals surface area contributed by atoms with E-state index in [4.69, 9.17) is 23.2 Å². The van der Waals surface area contributed by atoms with Crippen LogP contribution in [0.3, 0.4) is 0 Å². The predicted octanol–water partition coefficient (Wildman–Crippen LogP) is 2.40. The highest BCUT2D eigenvalue weighted by Gasteiger charge is 2.59. The molecule has 0 aromatic carbocycles. The van der Waals surface area contributed by atoms with Gasteiger partial charge in [0.1, 0.15) is 4.33 Å². The summed E-state index contributed by atoms with van der Waals surface area (Å²) in [6, 6.07) is 0. The molecule has 41 valence electrons. The van der Waals surface area contributed by atoms with Crippen LogP contribution in [0.25, 0.3) is 0 Å². The fraction of sp³-hybridized carbons (Fsp3) is 0.800. The van der Waals surface area contributed by atoms with Gasteiger partial charge in [-0.2, -0.15) is 0 Å². The summed E-state index contributed by atoms with van der Waals surface area (Å²) in [6.45, 7) is 4.01. The van der Waals surface area contributed by atoms with Crippen LogP contribution in [0.5, 0.6) is 0 Å². The fourth-order valence-corrected chi connectivity index (χ4v) is 0.963. The van der Waals surface area contributed by atoms with Gasteiger partial charge >= 0.3 is 0 Å². The summed E-state index contributed by atoms with van der Waals surface area (Å²) in [5, 5.41) is 0. The Hall–Kier alpha value is 0.580. The van der Waals surface area contributed by atoms with E-state index >= 15 is 0 Å². The number of hydrogen-bond acceptors (Lipinski definition) is 0. The molecule has 1 radical (unpaired) electrons. The highest BCUT2D eigenvalue weighted by Crippen LogP contribution is 2.62. The molecule has 0 spiro atoms. The lowest BCUT2D eigenvalue weighted by Gasteiger charge is -1.98. The smallest absolute Gasteiger partial charge is 0.101 e. The Bertz CT molecular complexity index is 82.3. The van der Waals surface area contributed by atoms with Crippen LogP contribution < -0.4 is 0 Å². The van der Waals surface area contributed by atoms with Gasteiger partial charge in [0.25, 0.3) is 0 Å². The minimum atomic E-state index is -0.535. The van der Waals surface area contributed by atoms with Crippen molar-refractivity contribution < 1.29 is 0 Å². The lowest BCUT2D eigenvalue weighted by Crippen LogP contribution is -1.96. The maximum Gasteiger partial charge on any atom is 0.127 e. The monoisotopic (exact) mass is 137 g/mol. The largest absolute Gasteiger partial charge is 0.127 e. The summed E-state index contributed by atoms with van der Waals surface area (Å²) in [5.74, 6) is 0. The van der Waals surface area contributed by atoms with Gasteiger partial charge in [0.05, 0.1) is 0 Å². The number of halogens is 2. The molecule has 0 nitrogen and oxygen atoms in total. The highest BCUT2D eigenvalue weighted by atomic mass is 35.5. The SMILES string of the molecule is CC1(C)[CH]C1(Cl)Cl. The van der Waals surface area contributed by atoms with E-state index in [1.807, 2.05) is 20.3 Å². The molecule has 0 N–H and O–H groups in total. The van der Waals surface area contributed by atoms with Gasteiger partial charge in [-0.25, -0.2) is 0 Å². The molecule has 2 heteroatoms. The van der Waals surface area contributed by atoms with E-state index in [1.165, 1.54) is 0 Å². The van der Waals surface area contributed by atoms with Crippen molar-refractivity contribution in [2.24, 2.45) is 5.41 Å². The van der Waals surface area contributed by atoms with Gasteiger partial charge in [0.15, 0.2) is 0 Å². The molecule has 7 heavy (non-hydrogen) atoms. The van der Waals surface area contributed by atoms with Crippen LogP contribution in [0.4, 0.5) is 0 Å². The standard InChI is InChI=1S/C5H7Cl2/c1-4(2)3-5(4,6)7/h3H,1-2H3. The van der Waals surface area contributed by atoms with Crippen molar-refractivity contribution in [1.82, 2.24) is 0 Å². The van der Waals surface area contributed by atoms with E-state index in [9.17, 15) is 0 Å². The summed E-state index contributed by atoms with van der Waals surface area (Å²) >= 11 is 11.3. The van der Waals surface area contributed by atoms with Crippen molar-refractivity contribution in [1.29, 1.82) is 0 Å². The molecule has 0 unspecified atom stereocenters. The molecule has 0 aromatic heterocycles. The van der Waals surface area contributed by atoms with Gasteiger partial charge in [-0.1, -0.05) is 13.8 Å². The molecular formula is C5H7Cl2. The Morgan fingerprint density at radius 1 is 1.29 bits per heavy atom. The van der Waals surface area contributed by atoms with E-state index < -0.39 is 4.33 Å². The zero-order chi connectivity index (χ0) is 5.71. The van der Waals surface area contributed by atoms with Crippen molar-refractivity contribution in [3.05, 3.63) is 6.42 Å². The molecule has 1 saturated carbocycles. The second-order valence-electron chi connectivity index (χ2n) is 2.49. The van der Waals surface area contributed by atoms with Crippen LogP contribution in [0.15, 0.2) is 0 Å².